The van der Waals surface area contributed by atoms with Crippen molar-refractivity contribution in [2.75, 3.05) is 11.5 Å². The van der Waals surface area contributed by atoms with Crippen molar-refractivity contribution in [2.24, 2.45) is 0 Å². The van der Waals surface area contributed by atoms with E-state index in [9.17, 15) is 15.2 Å². The Bertz CT molecular complexity index is 638. The van der Waals surface area contributed by atoms with Crippen LogP contribution in [0.5, 0.6) is 0 Å². The zero-order valence-electron chi connectivity index (χ0n) is 10.3. The lowest BCUT2D eigenvalue weighted by Crippen LogP contribution is -1.99. The molecule has 20 heavy (non-hydrogen) atoms. The highest BCUT2D eigenvalue weighted by molar-refractivity contribution is 8.01. The number of thiophene rings is 1. The second-order valence-electron chi connectivity index (χ2n) is 3.86. The number of aliphatic hydroxyl groups excluding tert-OH is 1. The Morgan fingerprint density at radius 2 is 2.00 bits per heavy atom. The highest BCUT2D eigenvalue weighted by Gasteiger charge is 2.22. The van der Waals surface area contributed by atoms with Crippen molar-refractivity contribution < 1.29 is 10.0 Å². The minimum absolute atomic E-state index is 0.0968. The van der Waals surface area contributed by atoms with E-state index in [0.29, 0.717) is 9.09 Å². The van der Waals surface area contributed by atoms with Gasteiger partial charge in [-0.2, -0.15) is 0 Å². The Hall–Kier alpha value is -1.91. The van der Waals surface area contributed by atoms with E-state index in [0.717, 1.165) is 23.1 Å². The summed E-state index contributed by atoms with van der Waals surface area (Å²) in [5.41, 5.74) is 11.0. The van der Waals surface area contributed by atoms with E-state index in [1.165, 1.54) is 12.1 Å². The number of nitro groups is 1. The first-order chi connectivity index (χ1) is 9.36. The molecule has 0 amide bonds. The van der Waals surface area contributed by atoms with E-state index in [1.54, 1.807) is 6.92 Å². The van der Waals surface area contributed by atoms with Crippen LogP contribution in [0.1, 0.15) is 17.9 Å². The normalized spacial score (nSPS) is 12.3. The Morgan fingerprint density at radius 1 is 1.40 bits per heavy atom. The van der Waals surface area contributed by atoms with Gasteiger partial charge in [0, 0.05) is 17.0 Å². The SMILES string of the molecule is C[C@@H](O)c1cc([N+](=O)[O-])c(Sc2nc(N)cc(N)n2)s1. The van der Waals surface area contributed by atoms with Crippen LogP contribution >= 0.6 is 23.1 Å². The molecular formula is C10H11N5O3S2. The monoisotopic (exact) mass is 313 g/mol. The van der Waals surface area contributed by atoms with Crippen molar-refractivity contribution in [1.29, 1.82) is 0 Å². The molecule has 0 saturated heterocycles. The van der Waals surface area contributed by atoms with E-state index >= 15 is 0 Å². The van der Waals surface area contributed by atoms with Crippen LogP contribution in [0.3, 0.4) is 0 Å². The predicted octanol–water partition coefficient (Wildman–Crippen LogP) is 1.82. The van der Waals surface area contributed by atoms with Gasteiger partial charge in [0.1, 0.15) is 15.8 Å². The summed E-state index contributed by atoms with van der Waals surface area (Å²) >= 11 is 2.10. The molecule has 1 atom stereocenters. The fourth-order valence-electron chi connectivity index (χ4n) is 1.38. The van der Waals surface area contributed by atoms with E-state index in [1.807, 2.05) is 0 Å². The van der Waals surface area contributed by atoms with Crippen LogP contribution in [-0.4, -0.2) is 20.0 Å². The minimum Gasteiger partial charge on any atom is -0.388 e. The standard InChI is InChI=1S/C10H11N5O3S2/c1-4(16)6-2-5(15(17)18)9(19-6)20-10-13-7(11)3-8(12)14-10/h2-4,16H,1H3,(H4,11,12,13,14)/t4-/m1/s1. The zero-order valence-corrected chi connectivity index (χ0v) is 11.9. The zero-order chi connectivity index (χ0) is 14.9. The summed E-state index contributed by atoms with van der Waals surface area (Å²) in [5.74, 6) is 0.380. The molecule has 5 N–H and O–H groups in total. The van der Waals surface area contributed by atoms with Gasteiger partial charge in [-0.3, -0.25) is 10.1 Å². The Balaban J connectivity index is 2.39. The van der Waals surface area contributed by atoms with Gasteiger partial charge in [0.15, 0.2) is 5.16 Å². The molecule has 0 aliphatic heterocycles. The van der Waals surface area contributed by atoms with E-state index in [2.05, 4.69) is 9.97 Å². The maximum atomic E-state index is 11.0. The van der Waals surface area contributed by atoms with Crippen LogP contribution in [0, 0.1) is 10.1 Å². The van der Waals surface area contributed by atoms with Crippen LogP contribution in [-0.2, 0) is 0 Å². The molecule has 0 bridgehead atoms. The van der Waals surface area contributed by atoms with Gasteiger partial charge >= 0.3 is 0 Å². The first-order valence-corrected chi connectivity index (χ1v) is 7.04. The molecule has 106 valence electrons. The summed E-state index contributed by atoms with van der Waals surface area (Å²) in [6.07, 6.45) is -0.778. The molecule has 0 aliphatic carbocycles. The van der Waals surface area contributed by atoms with E-state index < -0.39 is 11.0 Å². The lowest BCUT2D eigenvalue weighted by atomic mass is 10.3. The summed E-state index contributed by atoms with van der Waals surface area (Å²) in [6, 6.07) is 2.74. The summed E-state index contributed by atoms with van der Waals surface area (Å²) in [7, 11) is 0. The van der Waals surface area contributed by atoms with Gasteiger partial charge in [-0.05, 0) is 18.7 Å². The number of nitrogen functional groups attached to an aromatic ring is 2. The summed E-state index contributed by atoms with van der Waals surface area (Å²) in [6.45, 7) is 1.54. The predicted molar refractivity (Wildman–Crippen MR) is 76.6 cm³/mol. The molecular weight excluding hydrogens is 302 g/mol. The fourth-order valence-corrected chi connectivity index (χ4v) is 3.56. The highest BCUT2D eigenvalue weighted by atomic mass is 32.2. The van der Waals surface area contributed by atoms with Crippen molar-refractivity contribution in [2.45, 2.75) is 22.4 Å². The molecule has 2 rings (SSSR count). The van der Waals surface area contributed by atoms with Gasteiger partial charge in [-0.25, -0.2) is 9.97 Å². The quantitative estimate of drug-likeness (QED) is 0.441. The van der Waals surface area contributed by atoms with Crippen LogP contribution in [0.15, 0.2) is 21.5 Å². The first kappa shape index (κ1) is 14.5. The Morgan fingerprint density at radius 3 is 2.50 bits per heavy atom. The number of nitrogens with zero attached hydrogens (tertiary/aromatic N) is 3. The Labute approximate surface area is 122 Å². The molecule has 0 spiro atoms. The molecule has 0 aliphatic rings. The Kier molecular flexibility index (Phi) is 4.06. The van der Waals surface area contributed by atoms with Crippen molar-refractivity contribution in [3.8, 4) is 0 Å². The smallest absolute Gasteiger partial charge is 0.294 e. The van der Waals surface area contributed by atoms with Gasteiger partial charge in [0.2, 0.25) is 0 Å². The number of anilines is 2. The molecule has 0 fully saturated rings. The number of hydrogen-bond acceptors (Lipinski definition) is 9. The fraction of sp³-hybridized carbons (Fsp3) is 0.200. The highest BCUT2D eigenvalue weighted by Crippen LogP contribution is 2.42. The number of aromatic nitrogens is 2. The molecule has 0 radical (unpaired) electrons. The molecule has 2 aromatic rings. The molecule has 2 heterocycles. The third-order valence-electron chi connectivity index (χ3n) is 2.24. The molecule has 0 unspecified atom stereocenters. The van der Waals surface area contributed by atoms with Crippen LogP contribution in [0.4, 0.5) is 17.3 Å². The van der Waals surface area contributed by atoms with E-state index in [-0.39, 0.29) is 22.5 Å². The number of rotatable bonds is 4. The van der Waals surface area contributed by atoms with Crippen molar-refractivity contribution >= 4 is 40.4 Å². The molecule has 0 saturated carbocycles. The first-order valence-electron chi connectivity index (χ1n) is 5.41. The lowest BCUT2D eigenvalue weighted by Gasteiger charge is -2.00. The van der Waals surface area contributed by atoms with Gasteiger partial charge in [0.25, 0.3) is 5.69 Å². The van der Waals surface area contributed by atoms with Crippen molar-refractivity contribution in [3.63, 3.8) is 0 Å². The molecule has 2 aromatic heterocycles. The summed E-state index contributed by atoms with van der Waals surface area (Å²) < 4.78 is 0.371. The van der Waals surface area contributed by atoms with Gasteiger partial charge in [-0.15, -0.1) is 11.3 Å². The molecule has 0 aromatic carbocycles. The summed E-state index contributed by atoms with van der Waals surface area (Å²) in [4.78, 5) is 18.9. The van der Waals surface area contributed by atoms with Gasteiger partial charge in [0.05, 0.1) is 11.0 Å². The second kappa shape index (κ2) is 5.61. The maximum Gasteiger partial charge on any atom is 0.294 e. The van der Waals surface area contributed by atoms with Gasteiger partial charge < -0.3 is 16.6 Å². The largest absolute Gasteiger partial charge is 0.388 e. The average Bonchev–Trinajstić information content (AvgIpc) is 2.71. The summed E-state index contributed by atoms with van der Waals surface area (Å²) in [5, 5.41) is 20.7. The van der Waals surface area contributed by atoms with Gasteiger partial charge in [-0.1, -0.05) is 0 Å². The minimum atomic E-state index is -0.778. The molecule has 8 nitrogen and oxygen atoms in total. The van der Waals surface area contributed by atoms with Crippen LogP contribution in [0.25, 0.3) is 0 Å². The molecule has 10 heteroatoms. The second-order valence-corrected chi connectivity index (χ2v) is 6.18. The van der Waals surface area contributed by atoms with Crippen molar-refractivity contribution in [1.82, 2.24) is 9.97 Å². The van der Waals surface area contributed by atoms with E-state index in [4.69, 9.17) is 11.5 Å². The third-order valence-corrected chi connectivity index (χ3v) is 4.59. The maximum absolute atomic E-state index is 11.0. The third kappa shape index (κ3) is 3.15. The average molecular weight is 313 g/mol. The number of nitrogens with two attached hydrogens (primary N) is 2. The van der Waals surface area contributed by atoms with Crippen molar-refractivity contribution in [3.05, 3.63) is 27.1 Å². The van der Waals surface area contributed by atoms with Crippen LogP contribution in [0.2, 0.25) is 0 Å². The van der Waals surface area contributed by atoms with Crippen LogP contribution < -0.4 is 11.5 Å². The number of hydrogen-bond donors (Lipinski definition) is 3. The lowest BCUT2D eigenvalue weighted by molar-refractivity contribution is -0.387. The number of aliphatic hydroxyl groups is 1. The topological polar surface area (TPSA) is 141 Å².